The zero-order valence-corrected chi connectivity index (χ0v) is 7.88. The van der Waals surface area contributed by atoms with Crippen LogP contribution in [0.5, 0.6) is 0 Å². The largest absolute Gasteiger partial charge is 0.479 e. The molecule has 1 saturated carbocycles. The van der Waals surface area contributed by atoms with E-state index in [2.05, 4.69) is 5.10 Å². The molecule has 0 amide bonds. The van der Waals surface area contributed by atoms with Crippen molar-refractivity contribution in [3.05, 3.63) is 16.9 Å². The maximum atomic E-state index is 10.9. The second kappa shape index (κ2) is 2.48. The molecule has 0 aromatic carbocycles. The lowest BCUT2D eigenvalue weighted by Crippen LogP contribution is -2.28. The van der Waals surface area contributed by atoms with Crippen LogP contribution in [0.4, 0.5) is 0 Å². The highest BCUT2D eigenvalue weighted by molar-refractivity contribution is 6.29. The van der Waals surface area contributed by atoms with Crippen molar-refractivity contribution in [1.82, 2.24) is 9.78 Å². The molecule has 0 saturated heterocycles. The van der Waals surface area contributed by atoms with E-state index in [0.29, 0.717) is 18.0 Å². The van der Waals surface area contributed by atoms with E-state index < -0.39 is 11.5 Å². The first-order chi connectivity index (χ1) is 6.06. The third-order valence-electron chi connectivity index (χ3n) is 2.32. The first-order valence-electron chi connectivity index (χ1n) is 4.02. The molecule has 0 atom stereocenters. The average Bonchev–Trinajstić information content (AvgIpc) is 2.75. The standard InChI is InChI=1S/C8H9ClN2O2/c1-5-4-6(9)11(10-5)8(2-3-8)7(12)13/h4H,2-3H2,1H3,(H,12,13). The van der Waals surface area contributed by atoms with Crippen LogP contribution in [0.25, 0.3) is 0 Å². The highest BCUT2D eigenvalue weighted by atomic mass is 35.5. The van der Waals surface area contributed by atoms with E-state index in [1.54, 1.807) is 13.0 Å². The van der Waals surface area contributed by atoms with Gasteiger partial charge in [-0.05, 0) is 25.8 Å². The summed E-state index contributed by atoms with van der Waals surface area (Å²) in [5, 5.41) is 13.4. The summed E-state index contributed by atoms with van der Waals surface area (Å²) in [6.07, 6.45) is 1.23. The minimum atomic E-state index is -0.856. The Bertz CT molecular complexity index is 368. The van der Waals surface area contributed by atoms with Crippen LogP contribution < -0.4 is 0 Å². The van der Waals surface area contributed by atoms with E-state index >= 15 is 0 Å². The molecule has 0 aliphatic heterocycles. The zero-order chi connectivity index (χ0) is 9.64. The van der Waals surface area contributed by atoms with Gasteiger partial charge in [0.05, 0.1) is 5.69 Å². The molecule has 1 aliphatic carbocycles. The van der Waals surface area contributed by atoms with Gasteiger partial charge in [0.25, 0.3) is 0 Å². The summed E-state index contributed by atoms with van der Waals surface area (Å²) in [4.78, 5) is 10.9. The van der Waals surface area contributed by atoms with Crippen molar-refractivity contribution in [2.24, 2.45) is 0 Å². The molecule has 0 unspecified atom stereocenters. The molecule has 0 radical (unpaired) electrons. The second-order valence-corrected chi connectivity index (χ2v) is 3.74. The number of carboxylic acids is 1. The lowest BCUT2D eigenvalue weighted by Gasteiger charge is -2.10. The molecule has 70 valence electrons. The lowest BCUT2D eigenvalue weighted by molar-refractivity contribution is -0.142. The number of aryl methyl sites for hydroxylation is 1. The monoisotopic (exact) mass is 200 g/mol. The quantitative estimate of drug-likeness (QED) is 0.786. The first kappa shape index (κ1) is 8.56. The van der Waals surface area contributed by atoms with Crippen molar-refractivity contribution in [3.63, 3.8) is 0 Å². The van der Waals surface area contributed by atoms with E-state index in [0.717, 1.165) is 5.69 Å². The van der Waals surface area contributed by atoms with Crippen molar-refractivity contribution in [1.29, 1.82) is 0 Å². The van der Waals surface area contributed by atoms with Gasteiger partial charge in [-0.2, -0.15) is 5.10 Å². The predicted octanol–water partition coefficient (Wildman–Crippen LogP) is 1.42. The van der Waals surface area contributed by atoms with Crippen molar-refractivity contribution < 1.29 is 9.90 Å². The number of nitrogens with zero attached hydrogens (tertiary/aromatic N) is 2. The molecule has 4 nitrogen and oxygen atoms in total. The number of carbonyl (C=O) groups is 1. The number of hydrogen-bond acceptors (Lipinski definition) is 2. The maximum Gasteiger partial charge on any atom is 0.331 e. The second-order valence-electron chi connectivity index (χ2n) is 3.36. The van der Waals surface area contributed by atoms with Gasteiger partial charge < -0.3 is 5.11 Å². The van der Waals surface area contributed by atoms with Crippen LogP contribution in [0, 0.1) is 6.92 Å². The molecular weight excluding hydrogens is 192 g/mol. The highest BCUT2D eigenvalue weighted by Gasteiger charge is 2.54. The van der Waals surface area contributed by atoms with Crippen LogP contribution in [0.2, 0.25) is 5.15 Å². The fraction of sp³-hybridized carbons (Fsp3) is 0.500. The first-order valence-corrected chi connectivity index (χ1v) is 4.40. The molecule has 2 rings (SSSR count). The predicted molar refractivity (Wildman–Crippen MR) is 46.8 cm³/mol. The summed E-state index contributed by atoms with van der Waals surface area (Å²) in [5.41, 5.74) is -0.108. The van der Waals surface area contributed by atoms with Gasteiger partial charge in [-0.3, -0.25) is 0 Å². The number of aromatic nitrogens is 2. The summed E-state index contributed by atoms with van der Waals surface area (Å²) in [6, 6.07) is 1.67. The number of carboxylic acid groups (broad SMARTS) is 1. The summed E-state index contributed by atoms with van der Waals surface area (Å²) in [6.45, 7) is 1.79. The average molecular weight is 201 g/mol. The van der Waals surface area contributed by atoms with Crippen LogP contribution in [-0.4, -0.2) is 20.9 Å². The van der Waals surface area contributed by atoms with E-state index in [1.807, 2.05) is 0 Å². The van der Waals surface area contributed by atoms with Gasteiger partial charge in [0, 0.05) is 0 Å². The van der Waals surface area contributed by atoms with E-state index in [9.17, 15) is 4.79 Å². The molecule has 1 fully saturated rings. The van der Waals surface area contributed by atoms with Gasteiger partial charge in [0.15, 0.2) is 5.54 Å². The molecular formula is C8H9ClN2O2. The van der Waals surface area contributed by atoms with E-state index in [-0.39, 0.29) is 0 Å². The minimum absolute atomic E-state index is 0.400. The van der Waals surface area contributed by atoms with Crippen molar-refractivity contribution in [2.75, 3.05) is 0 Å². The molecule has 1 N–H and O–H groups in total. The Kier molecular flexibility index (Phi) is 1.63. The normalized spacial score (nSPS) is 18.6. The van der Waals surface area contributed by atoms with E-state index in [4.69, 9.17) is 16.7 Å². The van der Waals surface area contributed by atoms with Crippen molar-refractivity contribution in [3.8, 4) is 0 Å². The topological polar surface area (TPSA) is 55.1 Å². The number of hydrogen-bond donors (Lipinski definition) is 1. The number of aliphatic carboxylic acids is 1. The molecule has 0 spiro atoms. The van der Waals surface area contributed by atoms with Gasteiger partial charge in [-0.1, -0.05) is 11.6 Å². The molecule has 5 heteroatoms. The number of halogens is 1. The van der Waals surface area contributed by atoms with Crippen LogP contribution in [0.1, 0.15) is 18.5 Å². The van der Waals surface area contributed by atoms with Crippen LogP contribution in [0.3, 0.4) is 0 Å². The van der Waals surface area contributed by atoms with Gasteiger partial charge in [-0.25, -0.2) is 9.48 Å². The molecule has 1 heterocycles. The Balaban J connectivity index is 2.46. The maximum absolute atomic E-state index is 10.9. The molecule has 0 bridgehead atoms. The smallest absolute Gasteiger partial charge is 0.331 e. The fourth-order valence-electron chi connectivity index (χ4n) is 1.40. The highest BCUT2D eigenvalue weighted by Crippen LogP contribution is 2.45. The van der Waals surface area contributed by atoms with Gasteiger partial charge in [0.2, 0.25) is 0 Å². The third kappa shape index (κ3) is 1.13. The Morgan fingerprint density at radius 3 is 2.69 bits per heavy atom. The SMILES string of the molecule is Cc1cc(Cl)n(C2(C(=O)O)CC2)n1. The lowest BCUT2D eigenvalue weighted by atomic mass is 10.3. The zero-order valence-electron chi connectivity index (χ0n) is 7.12. The summed E-state index contributed by atoms with van der Waals surface area (Å²) >= 11 is 5.85. The van der Waals surface area contributed by atoms with Crippen LogP contribution >= 0.6 is 11.6 Å². The Morgan fingerprint density at radius 1 is 1.77 bits per heavy atom. The molecule has 13 heavy (non-hydrogen) atoms. The third-order valence-corrected chi connectivity index (χ3v) is 2.58. The molecule has 1 aliphatic rings. The number of rotatable bonds is 2. The fourth-order valence-corrected chi connectivity index (χ4v) is 1.76. The van der Waals surface area contributed by atoms with Crippen LogP contribution in [0.15, 0.2) is 6.07 Å². The van der Waals surface area contributed by atoms with Crippen molar-refractivity contribution in [2.45, 2.75) is 25.3 Å². The van der Waals surface area contributed by atoms with Gasteiger partial charge in [-0.15, -0.1) is 0 Å². The summed E-state index contributed by atoms with van der Waals surface area (Å²) in [5.74, 6) is -0.850. The van der Waals surface area contributed by atoms with Crippen LogP contribution in [-0.2, 0) is 10.3 Å². The summed E-state index contributed by atoms with van der Waals surface area (Å²) in [7, 11) is 0. The molecule has 1 aromatic heterocycles. The van der Waals surface area contributed by atoms with Gasteiger partial charge >= 0.3 is 5.97 Å². The van der Waals surface area contributed by atoms with Gasteiger partial charge in [0.1, 0.15) is 5.15 Å². The minimum Gasteiger partial charge on any atom is -0.479 e. The Labute approximate surface area is 80.1 Å². The Morgan fingerprint density at radius 2 is 2.38 bits per heavy atom. The summed E-state index contributed by atoms with van der Waals surface area (Å²) < 4.78 is 1.41. The Hall–Kier alpha value is -1.03. The van der Waals surface area contributed by atoms with Crippen molar-refractivity contribution >= 4 is 17.6 Å². The molecule has 1 aromatic rings. The van der Waals surface area contributed by atoms with E-state index in [1.165, 1.54) is 4.68 Å².